The smallest absolute Gasteiger partial charge is 0.337 e. The summed E-state index contributed by atoms with van der Waals surface area (Å²) >= 11 is 5.99. The van der Waals surface area contributed by atoms with Crippen LogP contribution < -0.4 is 11.1 Å². The number of aromatic carboxylic acids is 1. The van der Waals surface area contributed by atoms with Gasteiger partial charge in [-0.05, 0) is 18.2 Å². The van der Waals surface area contributed by atoms with Gasteiger partial charge in [0.2, 0.25) is 0 Å². The summed E-state index contributed by atoms with van der Waals surface area (Å²) in [5, 5.41) is 12.2. The molecule has 0 aliphatic rings. The summed E-state index contributed by atoms with van der Waals surface area (Å²) in [4.78, 5) is 11.2. The fraction of sp³-hybridized carbons (Fsp3) is 0.0714. The van der Waals surface area contributed by atoms with Crippen molar-refractivity contribution in [3.63, 3.8) is 0 Å². The molecule has 0 fully saturated rings. The van der Waals surface area contributed by atoms with Crippen molar-refractivity contribution in [1.82, 2.24) is 0 Å². The summed E-state index contributed by atoms with van der Waals surface area (Å²) in [5.41, 5.74) is 6.40. The highest BCUT2D eigenvalue weighted by molar-refractivity contribution is 6.34. The topological polar surface area (TPSA) is 75.3 Å². The number of nitrogens with one attached hydrogen (secondary N) is 1. The van der Waals surface area contributed by atoms with Crippen LogP contribution in [-0.2, 0) is 6.54 Å². The Morgan fingerprint density at radius 3 is 2.70 bits per heavy atom. The van der Waals surface area contributed by atoms with Crippen molar-refractivity contribution in [2.75, 3.05) is 11.1 Å². The van der Waals surface area contributed by atoms with Crippen LogP contribution in [0.1, 0.15) is 15.9 Å². The Labute approximate surface area is 120 Å². The zero-order valence-corrected chi connectivity index (χ0v) is 11.1. The molecular weight excluding hydrogens is 283 g/mol. The van der Waals surface area contributed by atoms with E-state index in [0.29, 0.717) is 5.56 Å². The van der Waals surface area contributed by atoms with E-state index in [9.17, 15) is 9.18 Å². The maximum Gasteiger partial charge on any atom is 0.337 e. The highest BCUT2D eigenvalue weighted by Crippen LogP contribution is 2.29. The Morgan fingerprint density at radius 1 is 1.35 bits per heavy atom. The van der Waals surface area contributed by atoms with E-state index >= 15 is 0 Å². The van der Waals surface area contributed by atoms with Crippen LogP contribution in [0.4, 0.5) is 15.8 Å². The van der Waals surface area contributed by atoms with Crippen molar-refractivity contribution in [3.05, 3.63) is 58.4 Å². The van der Waals surface area contributed by atoms with Crippen molar-refractivity contribution in [2.45, 2.75) is 6.54 Å². The van der Waals surface area contributed by atoms with Crippen molar-refractivity contribution < 1.29 is 14.3 Å². The number of carbonyl (C=O) groups is 1. The molecule has 0 radical (unpaired) electrons. The summed E-state index contributed by atoms with van der Waals surface area (Å²) < 4.78 is 13.5. The molecule has 0 spiro atoms. The first kappa shape index (κ1) is 14.1. The van der Waals surface area contributed by atoms with Crippen LogP contribution in [0.5, 0.6) is 0 Å². The van der Waals surface area contributed by atoms with Crippen molar-refractivity contribution in [3.8, 4) is 0 Å². The number of halogens is 2. The van der Waals surface area contributed by atoms with Crippen molar-refractivity contribution >= 4 is 28.9 Å². The third-order valence-corrected chi connectivity index (χ3v) is 3.05. The summed E-state index contributed by atoms with van der Waals surface area (Å²) in [6.45, 7) is 0.122. The predicted molar refractivity (Wildman–Crippen MR) is 76.6 cm³/mol. The summed E-state index contributed by atoms with van der Waals surface area (Å²) in [5.74, 6) is -1.53. The average Bonchev–Trinajstić information content (AvgIpc) is 2.38. The van der Waals surface area contributed by atoms with Crippen molar-refractivity contribution in [1.29, 1.82) is 0 Å². The second kappa shape index (κ2) is 5.79. The lowest BCUT2D eigenvalue weighted by molar-refractivity contribution is 0.0698. The molecule has 20 heavy (non-hydrogen) atoms. The lowest BCUT2D eigenvalue weighted by Crippen LogP contribution is -2.09. The fourth-order valence-corrected chi connectivity index (χ4v) is 2.10. The molecule has 6 heteroatoms. The first-order valence-electron chi connectivity index (χ1n) is 5.78. The Bertz CT molecular complexity index is 662. The molecule has 4 N–H and O–H groups in total. The van der Waals surface area contributed by atoms with E-state index in [1.807, 2.05) is 0 Å². The molecular formula is C14H12ClFN2O2. The standard InChI is InChI=1S/C14H12ClFN2O2/c15-11-6-9(17)5-10(14(19)20)13(11)18-7-8-3-1-2-4-12(8)16/h1-6,18H,7,17H2,(H,19,20). The van der Waals surface area contributed by atoms with Gasteiger partial charge in [-0.15, -0.1) is 0 Å². The third kappa shape index (κ3) is 3.00. The normalized spacial score (nSPS) is 10.3. The summed E-state index contributed by atoms with van der Waals surface area (Å²) in [7, 11) is 0. The van der Waals surface area contributed by atoms with Gasteiger partial charge in [0.25, 0.3) is 0 Å². The third-order valence-electron chi connectivity index (χ3n) is 2.76. The number of anilines is 2. The summed E-state index contributed by atoms with van der Waals surface area (Å²) in [6, 6.07) is 8.96. The Hall–Kier alpha value is -2.27. The quantitative estimate of drug-likeness (QED) is 0.756. The molecule has 2 rings (SSSR count). The maximum atomic E-state index is 13.5. The van der Waals surface area contributed by atoms with Gasteiger partial charge in [-0.3, -0.25) is 0 Å². The number of hydrogen-bond donors (Lipinski definition) is 3. The minimum atomic E-state index is -1.16. The molecule has 0 saturated heterocycles. The molecule has 104 valence electrons. The number of carboxylic acids is 1. The van der Waals surface area contributed by atoms with Crippen LogP contribution in [-0.4, -0.2) is 11.1 Å². The van der Waals surface area contributed by atoms with E-state index < -0.39 is 5.97 Å². The van der Waals surface area contributed by atoms with Crippen LogP contribution >= 0.6 is 11.6 Å². The van der Waals surface area contributed by atoms with Gasteiger partial charge in [-0.25, -0.2) is 9.18 Å². The Morgan fingerprint density at radius 2 is 2.05 bits per heavy atom. The molecule has 2 aromatic rings. The van der Waals surface area contributed by atoms with Gasteiger partial charge in [-0.1, -0.05) is 29.8 Å². The molecule has 0 amide bonds. The second-order valence-corrected chi connectivity index (χ2v) is 4.58. The van der Waals surface area contributed by atoms with Gasteiger partial charge in [0.05, 0.1) is 16.3 Å². The molecule has 4 nitrogen and oxygen atoms in total. The Kier molecular flexibility index (Phi) is 4.10. The van der Waals surface area contributed by atoms with Crippen LogP contribution in [0, 0.1) is 5.82 Å². The highest BCUT2D eigenvalue weighted by Gasteiger charge is 2.15. The summed E-state index contributed by atoms with van der Waals surface area (Å²) in [6.07, 6.45) is 0. The minimum Gasteiger partial charge on any atom is -0.478 e. The number of carboxylic acid groups (broad SMARTS) is 1. The van der Waals surface area contributed by atoms with E-state index in [4.69, 9.17) is 22.4 Å². The van der Waals surface area contributed by atoms with E-state index in [0.717, 1.165) is 0 Å². The number of nitrogens with two attached hydrogens (primary N) is 1. The highest BCUT2D eigenvalue weighted by atomic mass is 35.5. The lowest BCUT2D eigenvalue weighted by atomic mass is 10.1. The van der Waals surface area contributed by atoms with E-state index in [-0.39, 0.29) is 34.3 Å². The monoisotopic (exact) mass is 294 g/mol. The molecule has 0 aliphatic heterocycles. The second-order valence-electron chi connectivity index (χ2n) is 4.18. The van der Waals surface area contributed by atoms with Crippen LogP contribution in [0.25, 0.3) is 0 Å². The number of hydrogen-bond acceptors (Lipinski definition) is 3. The van der Waals surface area contributed by atoms with E-state index in [2.05, 4.69) is 5.32 Å². The largest absolute Gasteiger partial charge is 0.478 e. The van der Waals surface area contributed by atoms with Crippen molar-refractivity contribution in [2.24, 2.45) is 0 Å². The van der Waals surface area contributed by atoms with Crippen LogP contribution in [0.3, 0.4) is 0 Å². The zero-order valence-electron chi connectivity index (χ0n) is 10.4. The molecule has 0 unspecified atom stereocenters. The van der Waals surface area contributed by atoms with Crippen LogP contribution in [0.2, 0.25) is 5.02 Å². The maximum absolute atomic E-state index is 13.5. The SMILES string of the molecule is Nc1cc(Cl)c(NCc2ccccc2F)c(C(=O)O)c1. The van der Waals surface area contributed by atoms with E-state index in [1.54, 1.807) is 18.2 Å². The Balaban J connectivity index is 2.30. The van der Waals surface area contributed by atoms with Gasteiger partial charge in [-0.2, -0.15) is 0 Å². The molecule has 0 heterocycles. The number of nitrogen functional groups attached to an aromatic ring is 1. The lowest BCUT2D eigenvalue weighted by Gasteiger charge is -2.13. The van der Waals surface area contributed by atoms with Gasteiger partial charge in [0.1, 0.15) is 5.82 Å². The molecule has 0 bridgehead atoms. The van der Waals surface area contributed by atoms with Gasteiger partial charge in [0.15, 0.2) is 0 Å². The fourth-order valence-electron chi connectivity index (χ4n) is 1.80. The number of benzene rings is 2. The molecule has 0 saturated carbocycles. The van der Waals surface area contributed by atoms with Gasteiger partial charge in [0, 0.05) is 17.8 Å². The predicted octanol–water partition coefficient (Wildman–Crippen LogP) is 3.37. The molecule has 0 aromatic heterocycles. The van der Waals surface area contributed by atoms with Gasteiger partial charge >= 0.3 is 5.97 Å². The minimum absolute atomic E-state index is 0.0497. The van der Waals surface area contributed by atoms with E-state index in [1.165, 1.54) is 18.2 Å². The average molecular weight is 295 g/mol. The number of rotatable bonds is 4. The van der Waals surface area contributed by atoms with Crippen LogP contribution in [0.15, 0.2) is 36.4 Å². The molecule has 0 atom stereocenters. The molecule has 2 aromatic carbocycles. The zero-order chi connectivity index (χ0) is 14.7. The first-order valence-corrected chi connectivity index (χ1v) is 6.16. The molecule has 0 aliphatic carbocycles. The first-order chi connectivity index (χ1) is 9.49. The van der Waals surface area contributed by atoms with Gasteiger partial charge < -0.3 is 16.2 Å².